The number of rotatable bonds is 26. The summed E-state index contributed by atoms with van der Waals surface area (Å²) >= 11 is 0. The first-order valence-electron chi connectivity index (χ1n) is 18.5. The van der Waals surface area contributed by atoms with Crippen LogP contribution < -0.4 is 5.32 Å². The molecule has 0 heterocycles. The smallest absolute Gasteiger partial charge is 0.407 e. The van der Waals surface area contributed by atoms with Crippen molar-refractivity contribution >= 4 is 6.09 Å². The van der Waals surface area contributed by atoms with E-state index in [2.05, 4.69) is 48.6 Å². The highest BCUT2D eigenvalue weighted by Crippen LogP contribution is 2.40. The van der Waals surface area contributed by atoms with Gasteiger partial charge in [-0.1, -0.05) is 194 Å². The maximum Gasteiger partial charge on any atom is 0.407 e. The summed E-state index contributed by atoms with van der Waals surface area (Å²) in [6, 6.07) is 30.7. The summed E-state index contributed by atoms with van der Waals surface area (Å²) in [6.07, 6.45) is 20.4. The number of nitrogens with one attached hydrogen (secondary N) is 1. The molecule has 0 aliphatic carbocycles. The van der Waals surface area contributed by atoms with Gasteiger partial charge in [-0.25, -0.2) is 4.79 Å². The van der Waals surface area contributed by atoms with Gasteiger partial charge in [-0.2, -0.15) is 0 Å². The summed E-state index contributed by atoms with van der Waals surface area (Å²) in [5, 5.41) is 2.58. The second-order valence-corrected chi connectivity index (χ2v) is 12.7. The third kappa shape index (κ3) is 14.2. The molecule has 1 amide bonds. The van der Waals surface area contributed by atoms with Gasteiger partial charge in [0.1, 0.15) is 5.60 Å². The summed E-state index contributed by atoms with van der Waals surface area (Å²) in [4.78, 5) is 12.3. The van der Waals surface area contributed by atoms with Crippen LogP contribution in [-0.2, 0) is 19.8 Å². The first-order valence-corrected chi connectivity index (χ1v) is 18.5. The zero-order chi connectivity index (χ0) is 33.3. The minimum Gasteiger partial charge on any atom is -0.441 e. The molecule has 3 aromatic rings. The van der Waals surface area contributed by atoms with Gasteiger partial charge in [0.05, 0.1) is 13.2 Å². The molecule has 0 fully saturated rings. The van der Waals surface area contributed by atoms with Crippen molar-refractivity contribution in [2.75, 3.05) is 26.9 Å². The Morgan fingerprint density at radius 2 is 0.957 bits per heavy atom. The molecule has 5 nitrogen and oxygen atoms in total. The van der Waals surface area contributed by atoms with E-state index in [1.165, 1.54) is 89.9 Å². The van der Waals surface area contributed by atoms with E-state index >= 15 is 0 Å². The molecule has 1 unspecified atom stereocenters. The van der Waals surface area contributed by atoms with Crippen LogP contribution in [0, 0.1) is 0 Å². The molecule has 0 bridgehead atoms. The minimum absolute atomic E-state index is 0.172. The molecule has 0 aliphatic heterocycles. The average Bonchev–Trinajstić information content (AvgIpc) is 3.12. The molecule has 0 saturated heterocycles. The van der Waals surface area contributed by atoms with Crippen molar-refractivity contribution in [3.63, 3.8) is 0 Å². The number of unbranched alkanes of at least 4 members (excludes halogenated alkanes) is 15. The molecule has 0 spiro atoms. The van der Waals surface area contributed by atoms with Crippen LogP contribution in [0.1, 0.15) is 126 Å². The fourth-order valence-corrected chi connectivity index (χ4v) is 6.28. The lowest BCUT2D eigenvalue weighted by atomic mass is 9.80. The van der Waals surface area contributed by atoms with Gasteiger partial charge < -0.3 is 19.5 Å². The maximum atomic E-state index is 12.3. The molecule has 0 aliphatic rings. The van der Waals surface area contributed by atoms with Gasteiger partial charge in [0.15, 0.2) is 6.10 Å². The van der Waals surface area contributed by atoms with Crippen LogP contribution in [0.2, 0.25) is 0 Å². The Balaban J connectivity index is 1.42. The van der Waals surface area contributed by atoms with E-state index in [1.807, 2.05) is 54.6 Å². The molecule has 47 heavy (non-hydrogen) atoms. The molecule has 1 atom stereocenters. The van der Waals surface area contributed by atoms with Gasteiger partial charge in [-0.15, -0.1) is 0 Å². The normalized spacial score (nSPS) is 12.1. The zero-order valence-corrected chi connectivity index (χ0v) is 29.3. The SMILES string of the molecule is CCCCCCCCCCCCCCCCCCOCC(COC(c1ccccc1)(c1ccccc1)c1ccccc1)OC(=O)NC. The van der Waals surface area contributed by atoms with E-state index in [4.69, 9.17) is 14.2 Å². The van der Waals surface area contributed by atoms with E-state index in [0.717, 1.165) is 29.5 Å². The third-order valence-electron chi connectivity index (χ3n) is 8.95. The van der Waals surface area contributed by atoms with Crippen molar-refractivity contribution in [1.29, 1.82) is 0 Å². The molecular weight excluding hydrogens is 582 g/mol. The van der Waals surface area contributed by atoms with Crippen LogP contribution in [-0.4, -0.2) is 39.1 Å². The van der Waals surface area contributed by atoms with Crippen LogP contribution in [0.4, 0.5) is 4.79 Å². The first-order chi connectivity index (χ1) is 23.2. The van der Waals surface area contributed by atoms with Gasteiger partial charge in [0.25, 0.3) is 0 Å². The molecule has 258 valence electrons. The molecule has 5 heteroatoms. The second kappa shape index (κ2) is 24.1. The lowest BCUT2D eigenvalue weighted by molar-refractivity contribution is -0.0681. The van der Waals surface area contributed by atoms with Gasteiger partial charge in [-0.3, -0.25) is 0 Å². The zero-order valence-electron chi connectivity index (χ0n) is 29.3. The predicted octanol–water partition coefficient (Wildman–Crippen LogP) is 11.0. The van der Waals surface area contributed by atoms with Crippen LogP contribution in [0.3, 0.4) is 0 Å². The van der Waals surface area contributed by atoms with E-state index in [9.17, 15) is 4.79 Å². The minimum atomic E-state index is -0.887. The first kappa shape index (κ1) is 38.3. The van der Waals surface area contributed by atoms with Crippen LogP contribution in [0.5, 0.6) is 0 Å². The Hall–Kier alpha value is -3.15. The Bertz CT molecular complexity index is 1070. The number of benzene rings is 3. The van der Waals surface area contributed by atoms with Crippen molar-refractivity contribution in [1.82, 2.24) is 5.32 Å². The molecule has 3 rings (SSSR count). The number of carbonyl (C=O) groups is 1. The summed E-state index contributed by atoms with van der Waals surface area (Å²) in [5.74, 6) is 0. The number of alkyl carbamates (subject to hydrolysis) is 1. The summed E-state index contributed by atoms with van der Waals surface area (Å²) in [5.41, 5.74) is 2.13. The molecule has 0 saturated carbocycles. The summed E-state index contributed by atoms with van der Waals surface area (Å²) in [7, 11) is 1.57. The maximum absolute atomic E-state index is 12.3. The quantitative estimate of drug-likeness (QED) is 0.0698. The predicted molar refractivity (Wildman–Crippen MR) is 195 cm³/mol. The third-order valence-corrected chi connectivity index (χ3v) is 8.95. The fourth-order valence-electron chi connectivity index (χ4n) is 6.28. The largest absolute Gasteiger partial charge is 0.441 e. The number of hydrogen-bond donors (Lipinski definition) is 1. The van der Waals surface area contributed by atoms with Gasteiger partial charge in [0.2, 0.25) is 0 Å². The standard InChI is InChI=1S/C42H61NO4/c1-3-4-5-6-7-8-9-10-11-12-13-14-15-16-17-27-34-45-35-40(47-41(44)43-2)36-46-42(37-28-21-18-22-29-37,38-30-23-19-24-31-38)39-32-25-20-26-33-39/h18-26,28-33,40H,3-17,27,34-36H2,1-2H3,(H,43,44). The lowest BCUT2D eigenvalue weighted by Gasteiger charge is -2.37. The highest BCUT2D eigenvalue weighted by molar-refractivity contribution is 5.66. The topological polar surface area (TPSA) is 56.8 Å². The van der Waals surface area contributed by atoms with Crippen LogP contribution >= 0.6 is 0 Å². The molecule has 1 N–H and O–H groups in total. The highest BCUT2D eigenvalue weighted by atomic mass is 16.6. The van der Waals surface area contributed by atoms with Crippen molar-refractivity contribution in [3.8, 4) is 0 Å². The number of ether oxygens (including phenoxy) is 3. The van der Waals surface area contributed by atoms with Crippen LogP contribution in [0.15, 0.2) is 91.0 Å². The van der Waals surface area contributed by atoms with Gasteiger partial charge in [0, 0.05) is 13.7 Å². The van der Waals surface area contributed by atoms with E-state index in [1.54, 1.807) is 7.05 Å². The van der Waals surface area contributed by atoms with Crippen molar-refractivity contribution in [2.45, 2.75) is 121 Å². The van der Waals surface area contributed by atoms with Crippen molar-refractivity contribution in [2.24, 2.45) is 0 Å². The Morgan fingerprint density at radius 3 is 1.34 bits per heavy atom. The van der Waals surface area contributed by atoms with E-state index < -0.39 is 17.8 Å². The highest BCUT2D eigenvalue weighted by Gasteiger charge is 2.38. The fraction of sp³-hybridized carbons (Fsp3) is 0.548. The second-order valence-electron chi connectivity index (χ2n) is 12.7. The monoisotopic (exact) mass is 643 g/mol. The summed E-state index contributed by atoms with van der Waals surface area (Å²) in [6.45, 7) is 3.38. The van der Waals surface area contributed by atoms with Crippen LogP contribution in [0.25, 0.3) is 0 Å². The molecule has 0 radical (unpaired) electrons. The molecule has 3 aromatic carbocycles. The number of carbonyl (C=O) groups excluding carboxylic acids is 1. The number of amides is 1. The Morgan fingerprint density at radius 1 is 0.574 bits per heavy atom. The van der Waals surface area contributed by atoms with Crippen molar-refractivity contribution in [3.05, 3.63) is 108 Å². The van der Waals surface area contributed by atoms with Crippen molar-refractivity contribution < 1.29 is 19.0 Å². The van der Waals surface area contributed by atoms with Gasteiger partial charge in [-0.05, 0) is 23.1 Å². The van der Waals surface area contributed by atoms with E-state index in [0.29, 0.717) is 6.61 Å². The van der Waals surface area contributed by atoms with Gasteiger partial charge >= 0.3 is 6.09 Å². The average molecular weight is 644 g/mol. The molecular formula is C42H61NO4. The molecule has 0 aromatic heterocycles. The summed E-state index contributed by atoms with van der Waals surface area (Å²) < 4.78 is 18.7. The Labute approximate surface area is 285 Å². The number of hydrogen-bond acceptors (Lipinski definition) is 4. The Kier molecular flexibility index (Phi) is 19.6. The van der Waals surface area contributed by atoms with E-state index in [-0.39, 0.29) is 13.2 Å². The lowest BCUT2D eigenvalue weighted by Crippen LogP contribution is -2.39.